The molecule has 0 aliphatic heterocycles. The Morgan fingerprint density at radius 2 is 2.06 bits per heavy atom. The number of carboxylic acid groups (broad SMARTS) is 1. The van der Waals surface area contributed by atoms with Crippen molar-refractivity contribution in [3.8, 4) is 5.75 Å². The van der Waals surface area contributed by atoms with Gasteiger partial charge in [0.25, 0.3) is 0 Å². The van der Waals surface area contributed by atoms with Crippen molar-refractivity contribution in [2.45, 2.75) is 6.36 Å². The van der Waals surface area contributed by atoms with E-state index in [9.17, 15) is 32.9 Å². The lowest BCUT2D eigenvalue weighted by molar-refractivity contribution is -0.389. The maximum absolute atomic E-state index is 12.0. The van der Waals surface area contributed by atoms with E-state index in [0.717, 1.165) is 0 Å². The minimum Gasteiger partial charge on any atom is -0.477 e. The number of aromatic carboxylic acids is 1. The zero-order valence-corrected chi connectivity index (χ0v) is 8.15. The third-order valence-corrected chi connectivity index (χ3v) is 1.62. The van der Waals surface area contributed by atoms with Crippen molar-refractivity contribution < 1.29 is 32.7 Å². The van der Waals surface area contributed by atoms with Gasteiger partial charge in [0.2, 0.25) is 0 Å². The van der Waals surface area contributed by atoms with Crippen LogP contribution in [0.4, 0.5) is 19.0 Å². The Bertz CT molecular complexity index is 563. The van der Waals surface area contributed by atoms with Crippen LogP contribution in [0.25, 0.3) is 0 Å². The lowest BCUT2D eigenvalue weighted by atomic mass is 10.2. The largest absolute Gasteiger partial charge is 0.573 e. The van der Waals surface area contributed by atoms with E-state index in [4.69, 9.17) is 5.11 Å². The van der Waals surface area contributed by atoms with E-state index in [0.29, 0.717) is 0 Å². The summed E-state index contributed by atoms with van der Waals surface area (Å²) in [5.74, 6) is -4.58. The Kier molecular flexibility index (Phi) is 3.26. The van der Waals surface area contributed by atoms with Gasteiger partial charge in [0.1, 0.15) is 0 Å². The van der Waals surface area contributed by atoms with Gasteiger partial charge in [0.15, 0.2) is 11.3 Å². The van der Waals surface area contributed by atoms with Crippen molar-refractivity contribution >= 4 is 11.8 Å². The first-order valence-electron chi connectivity index (χ1n) is 4.02. The highest BCUT2D eigenvalue weighted by molar-refractivity contribution is 5.90. The zero-order chi connectivity index (χ0) is 14.1. The van der Waals surface area contributed by atoms with Gasteiger partial charge in [-0.2, -0.15) is 0 Å². The zero-order valence-electron chi connectivity index (χ0n) is 8.15. The number of carbonyl (C=O) groups is 1. The van der Waals surface area contributed by atoms with E-state index < -0.39 is 39.9 Å². The Balaban J connectivity index is 3.48. The molecule has 1 rings (SSSR count). The number of nitrogens with zero attached hydrogens (tertiary/aromatic N) is 1. The summed E-state index contributed by atoms with van der Waals surface area (Å²) >= 11 is 0. The minimum atomic E-state index is -5.29. The Labute approximate surface area is 94.8 Å². The van der Waals surface area contributed by atoms with Crippen molar-refractivity contribution in [2.24, 2.45) is 0 Å². The summed E-state index contributed by atoms with van der Waals surface area (Å²) in [6.45, 7) is 0. The number of nitrogens with one attached hydrogen (secondary N) is 1. The minimum absolute atomic E-state index is 0.165. The summed E-state index contributed by atoms with van der Waals surface area (Å²) in [7, 11) is 0. The molecule has 1 aromatic heterocycles. The number of aromatic nitrogens is 1. The highest BCUT2D eigenvalue weighted by Crippen LogP contribution is 2.26. The fraction of sp³-hybridized carbons (Fsp3) is 0.143. The van der Waals surface area contributed by atoms with Crippen molar-refractivity contribution in [2.75, 3.05) is 0 Å². The van der Waals surface area contributed by atoms with E-state index in [1.165, 1.54) is 4.98 Å². The van der Waals surface area contributed by atoms with Crippen molar-refractivity contribution in [1.82, 2.24) is 4.98 Å². The molecule has 0 aliphatic rings. The van der Waals surface area contributed by atoms with Gasteiger partial charge >= 0.3 is 23.7 Å². The second-order valence-electron chi connectivity index (χ2n) is 2.83. The number of hydrogen-bond acceptors (Lipinski definition) is 5. The molecule has 0 aromatic carbocycles. The van der Waals surface area contributed by atoms with Gasteiger partial charge in [0, 0.05) is 0 Å². The van der Waals surface area contributed by atoms with E-state index in [1.54, 1.807) is 0 Å². The standard InChI is InChI=1S/C7H3F3N2O6/c8-7(9,10)18-2-1-3(12(16)17)11-5(13)4(2)6(14)15/h1H,(H,11,13)(H,14,15). The van der Waals surface area contributed by atoms with Crippen LogP contribution in [0, 0.1) is 10.1 Å². The van der Waals surface area contributed by atoms with Crippen LogP contribution in [-0.2, 0) is 0 Å². The van der Waals surface area contributed by atoms with E-state index in [1.807, 2.05) is 0 Å². The number of nitro groups is 1. The molecule has 0 unspecified atom stereocenters. The highest BCUT2D eigenvalue weighted by Gasteiger charge is 2.35. The van der Waals surface area contributed by atoms with E-state index in [2.05, 4.69) is 4.74 Å². The summed E-state index contributed by atoms with van der Waals surface area (Å²) in [6.07, 6.45) is -5.29. The third kappa shape index (κ3) is 2.96. The summed E-state index contributed by atoms with van der Waals surface area (Å²) in [4.78, 5) is 32.3. The molecule has 98 valence electrons. The second-order valence-corrected chi connectivity index (χ2v) is 2.83. The summed E-state index contributed by atoms with van der Waals surface area (Å²) in [5.41, 5.74) is -2.95. The molecule has 0 atom stereocenters. The van der Waals surface area contributed by atoms with Crippen molar-refractivity contribution in [3.63, 3.8) is 0 Å². The number of halogens is 3. The SMILES string of the molecule is O=C(O)c1c(OC(F)(F)F)cc([N+](=O)[O-])[nH]c1=O. The fourth-order valence-corrected chi connectivity index (χ4v) is 1.03. The van der Waals surface area contributed by atoms with Crippen LogP contribution in [0.1, 0.15) is 10.4 Å². The van der Waals surface area contributed by atoms with E-state index >= 15 is 0 Å². The molecule has 1 aromatic rings. The van der Waals surface area contributed by atoms with Crippen LogP contribution in [-0.4, -0.2) is 27.3 Å². The first kappa shape index (κ1) is 13.5. The lowest BCUT2D eigenvalue weighted by Crippen LogP contribution is -2.25. The monoisotopic (exact) mass is 268 g/mol. The first-order valence-corrected chi connectivity index (χ1v) is 4.02. The lowest BCUT2D eigenvalue weighted by Gasteiger charge is -2.09. The molecule has 18 heavy (non-hydrogen) atoms. The molecule has 2 N–H and O–H groups in total. The van der Waals surface area contributed by atoms with Gasteiger partial charge in [-0.15, -0.1) is 13.2 Å². The number of carboxylic acids is 1. The van der Waals surface area contributed by atoms with Gasteiger partial charge in [-0.05, 0) is 4.92 Å². The van der Waals surface area contributed by atoms with Crippen LogP contribution >= 0.6 is 0 Å². The van der Waals surface area contributed by atoms with Gasteiger partial charge in [-0.3, -0.25) is 0 Å². The number of H-pyrrole nitrogens is 1. The molecular weight excluding hydrogens is 265 g/mol. The van der Waals surface area contributed by atoms with Crippen LogP contribution in [0.5, 0.6) is 5.75 Å². The Morgan fingerprint density at radius 1 is 1.50 bits per heavy atom. The van der Waals surface area contributed by atoms with Gasteiger partial charge in [-0.1, -0.05) is 0 Å². The molecule has 0 saturated carbocycles. The van der Waals surface area contributed by atoms with Crippen molar-refractivity contribution in [3.05, 3.63) is 32.1 Å². The Morgan fingerprint density at radius 3 is 2.44 bits per heavy atom. The topological polar surface area (TPSA) is 123 Å². The molecule has 1 heterocycles. The molecule has 0 spiro atoms. The van der Waals surface area contributed by atoms with Crippen molar-refractivity contribution in [1.29, 1.82) is 0 Å². The fourth-order valence-electron chi connectivity index (χ4n) is 1.03. The first-order chi connectivity index (χ1) is 8.11. The maximum atomic E-state index is 12.0. The summed E-state index contributed by atoms with van der Waals surface area (Å²) in [6, 6.07) is 0.165. The predicted molar refractivity (Wildman–Crippen MR) is 47.4 cm³/mol. The van der Waals surface area contributed by atoms with Gasteiger partial charge in [-0.25, -0.2) is 14.6 Å². The summed E-state index contributed by atoms with van der Waals surface area (Å²) in [5, 5.41) is 18.8. The number of alkyl halides is 3. The molecule has 8 nitrogen and oxygen atoms in total. The molecular formula is C7H3F3N2O6. The van der Waals surface area contributed by atoms with Crippen LogP contribution in [0.3, 0.4) is 0 Å². The predicted octanol–water partition coefficient (Wildman–Crippen LogP) is 0.880. The molecule has 0 bridgehead atoms. The molecule has 0 amide bonds. The second kappa shape index (κ2) is 4.35. The third-order valence-electron chi connectivity index (χ3n) is 1.62. The van der Waals surface area contributed by atoms with Crippen LogP contribution in [0.2, 0.25) is 0 Å². The summed E-state index contributed by atoms with van der Waals surface area (Å²) < 4.78 is 39.1. The average Bonchev–Trinajstić information content (AvgIpc) is 2.12. The Hall–Kier alpha value is -2.59. The number of rotatable bonds is 3. The maximum Gasteiger partial charge on any atom is 0.573 e. The normalized spacial score (nSPS) is 11.1. The molecule has 0 fully saturated rings. The van der Waals surface area contributed by atoms with E-state index in [-0.39, 0.29) is 6.07 Å². The highest BCUT2D eigenvalue weighted by atomic mass is 19.4. The number of pyridine rings is 1. The molecule has 0 saturated heterocycles. The molecule has 11 heteroatoms. The van der Waals surface area contributed by atoms with Crippen LogP contribution < -0.4 is 10.3 Å². The number of aromatic amines is 1. The molecule has 0 aliphatic carbocycles. The molecule has 0 radical (unpaired) electrons. The quantitative estimate of drug-likeness (QED) is 0.619. The van der Waals surface area contributed by atoms with Crippen LogP contribution in [0.15, 0.2) is 10.9 Å². The number of hydrogen-bond donors (Lipinski definition) is 2. The average molecular weight is 268 g/mol. The smallest absolute Gasteiger partial charge is 0.477 e. The number of ether oxygens (including phenoxy) is 1. The van der Waals surface area contributed by atoms with Gasteiger partial charge < -0.3 is 20.0 Å². The van der Waals surface area contributed by atoms with Gasteiger partial charge in [0.05, 0.1) is 6.07 Å².